The lowest BCUT2D eigenvalue weighted by Crippen LogP contribution is -2.18. The van der Waals surface area contributed by atoms with Crippen LogP contribution in [0.15, 0.2) is 41.5 Å². The fraction of sp³-hybridized carbons (Fsp3) is 0.250. The van der Waals surface area contributed by atoms with Gasteiger partial charge >= 0.3 is 0 Å². The second-order valence-corrected chi connectivity index (χ2v) is 5.10. The molecule has 0 saturated heterocycles. The largest absolute Gasteiger partial charge is 0.378 e. The Morgan fingerprint density at radius 3 is 2.67 bits per heavy atom. The first-order chi connectivity index (χ1) is 9.99. The van der Waals surface area contributed by atoms with E-state index in [4.69, 9.17) is 0 Å². The molecule has 0 aliphatic carbocycles. The van der Waals surface area contributed by atoms with Crippen molar-refractivity contribution in [1.82, 2.24) is 9.99 Å². The van der Waals surface area contributed by atoms with E-state index in [0.29, 0.717) is 5.56 Å². The number of hydrazone groups is 1. The molecule has 5 heteroatoms. The summed E-state index contributed by atoms with van der Waals surface area (Å²) in [5.41, 5.74) is 6.19. The third-order valence-electron chi connectivity index (χ3n) is 3.40. The van der Waals surface area contributed by atoms with Gasteiger partial charge in [-0.2, -0.15) is 5.10 Å². The van der Waals surface area contributed by atoms with Crippen molar-refractivity contribution in [3.05, 3.63) is 53.3 Å². The van der Waals surface area contributed by atoms with Crippen molar-refractivity contribution >= 4 is 17.8 Å². The van der Waals surface area contributed by atoms with Gasteiger partial charge in [-0.3, -0.25) is 4.79 Å². The molecule has 5 nitrogen and oxygen atoms in total. The summed E-state index contributed by atoms with van der Waals surface area (Å²) in [7, 11) is 5.83. The van der Waals surface area contributed by atoms with Gasteiger partial charge in [0.05, 0.1) is 11.9 Å². The Hall–Kier alpha value is -2.56. The average Bonchev–Trinajstić information content (AvgIpc) is 2.79. The zero-order chi connectivity index (χ0) is 15.4. The van der Waals surface area contributed by atoms with Gasteiger partial charge in [0.1, 0.15) is 0 Å². The molecule has 0 bridgehead atoms. The average molecular weight is 284 g/mol. The highest BCUT2D eigenvalue weighted by molar-refractivity contribution is 5.95. The monoisotopic (exact) mass is 284 g/mol. The van der Waals surface area contributed by atoms with Crippen LogP contribution in [-0.4, -0.2) is 30.8 Å². The van der Waals surface area contributed by atoms with Gasteiger partial charge in [-0.1, -0.05) is 6.07 Å². The summed E-state index contributed by atoms with van der Waals surface area (Å²) < 4.78 is 2.00. The smallest absolute Gasteiger partial charge is 0.271 e. The Kier molecular flexibility index (Phi) is 4.42. The third kappa shape index (κ3) is 3.51. The molecule has 0 aliphatic heterocycles. The van der Waals surface area contributed by atoms with Gasteiger partial charge in [0.25, 0.3) is 5.91 Å². The van der Waals surface area contributed by atoms with Crippen LogP contribution in [0.3, 0.4) is 0 Å². The van der Waals surface area contributed by atoms with Gasteiger partial charge in [-0.25, -0.2) is 5.43 Å². The molecular weight excluding hydrogens is 264 g/mol. The first-order valence-corrected chi connectivity index (χ1v) is 6.72. The maximum atomic E-state index is 12.0. The summed E-state index contributed by atoms with van der Waals surface area (Å²) in [6.07, 6.45) is 1.64. The highest BCUT2D eigenvalue weighted by Gasteiger charge is 2.06. The number of amides is 1. The Morgan fingerprint density at radius 2 is 2.05 bits per heavy atom. The summed E-state index contributed by atoms with van der Waals surface area (Å²) in [5.74, 6) is -0.221. The second kappa shape index (κ2) is 6.26. The van der Waals surface area contributed by atoms with Crippen LogP contribution in [0.25, 0.3) is 0 Å². The highest BCUT2D eigenvalue weighted by atomic mass is 16.2. The maximum absolute atomic E-state index is 12.0. The Labute approximate surface area is 124 Å². The van der Waals surface area contributed by atoms with Gasteiger partial charge in [0.2, 0.25) is 0 Å². The van der Waals surface area contributed by atoms with E-state index < -0.39 is 0 Å². The molecule has 0 saturated carbocycles. The van der Waals surface area contributed by atoms with Gasteiger partial charge in [-0.15, -0.1) is 0 Å². The summed E-state index contributed by atoms with van der Waals surface area (Å²) in [4.78, 5) is 14.0. The molecule has 1 aromatic carbocycles. The number of aromatic nitrogens is 1. The number of benzene rings is 1. The topological polar surface area (TPSA) is 49.6 Å². The van der Waals surface area contributed by atoms with E-state index in [1.165, 1.54) is 0 Å². The maximum Gasteiger partial charge on any atom is 0.271 e. The van der Waals surface area contributed by atoms with Crippen molar-refractivity contribution < 1.29 is 4.79 Å². The van der Waals surface area contributed by atoms with Crippen LogP contribution in [-0.2, 0) is 7.05 Å². The molecular formula is C16H20N4O. The number of carbonyl (C=O) groups is 1. The van der Waals surface area contributed by atoms with Crippen LogP contribution in [0.1, 0.15) is 21.7 Å². The minimum Gasteiger partial charge on any atom is -0.378 e. The highest BCUT2D eigenvalue weighted by Crippen LogP contribution is 2.13. The molecule has 0 fully saturated rings. The van der Waals surface area contributed by atoms with Crippen molar-refractivity contribution in [2.75, 3.05) is 19.0 Å². The number of aryl methyl sites for hydroxylation is 1. The van der Waals surface area contributed by atoms with Crippen LogP contribution >= 0.6 is 0 Å². The van der Waals surface area contributed by atoms with Crippen LogP contribution in [0, 0.1) is 6.92 Å². The van der Waals surface area contributed by atoms with Gasteiger partial charge in [0, 0.05) is 38.1 Å². The Bertz CT molecular complexity index is 671. The summed E-state index contributed by atoms with van der Waals surface area (Å²) in [6.45, 7) is 2.02. The van der Waals surface area contributed by atoms with Crippen molar-refractivity contribution in [3.63, 3.8) is 0 Å². The molecule has 0 unspecified atom stereocenters. The molecule has 2 aromatic rings. The molecule has 1 N–H and O–H groups in total. The van der Waals surface area contributed by atoms with Crippen LogP contribution in [0.5, 0.6) is 0 Å². The predicted octanol–water partition coefficient (Wildman–Crippen LogP) is 2.16. The SMILES string of the molecule is Cc1ccc(/C=N/NC(=O)c2cccc(N(C)C)c2)n1C. The summed E-state index contributed by atoms with van der Waals surface area (Å²) >= 11 is 0. The lowest BCUT2D eigenvalue weighted by Gasteiger charge is -2.12. The molecule has 1 heterocycles. The van der Waals surface area contributed by atoms with Gasteiger partial charge in [0.15, 0.2) is 0 Å². The summed E-state index contributed by atoms with van der Waals surface area (Å²) in [5, 5.41) is 4.01. The molecule has 21 heavy (non-hydrogen) atoms. The fourth-order valence-electron chi connectivity index (χ4n) is 1.91. The van der Waals surface area contributed by atoms with E-state index in [1.807, 2.05) is 67.9 Å². The Morgan fingerprint density at radius 1 is 1.29 bits per heavy atom. The number of rotatable bonds is 4. The van der Waals surface area contributed by atoms with Gasteiger partial charge in [-0.05, 0) is 37.3 Å². The molecule has 110 valence electrons. The van der Waals surface area contributed by atoms with E-state index in [0.717, 1.165) is 17.1 Å². The Balaban J connectivity index is 2.05. The van der Waals surface area contributed by atoms with E-state index in [1.54, 1.807) is 12.3 Å². The third-order valence-corrected chi connectivity index (χ3v) is 3.40. The molecule has 1 aromatic heterocycles. The molecule has 2 rings (SSSR count). The second-order valence-electron chi connectivity index (χ2n) is 5.10. The molecule has 0 radical (unpaired) electrons. The van der Waals surface area contributed by atoms with E-state index in [2.05, 4.69) is 10.5 Å². The van der Waals surface area contributed by atoms with Crippen LogP contribution in [0.2, 0.25) is 0 Å². The number of hydrogen-bond donors (Lipinski definition) is 1. The molecule has 0 aliphatic rings. The zero-order valence-corrected chi connectivity index (χ0v) is 12.8. The number of nitrogens with zero attached hydrogens (tertiary/aromatic N) is 3. The van der Waals surface area contributed by atoms with E-state index in [-0.39, 0.29) is 5.91 Å². The lowest BCUT2D eigenvalue weighted by molar-refractivity contribution is 0.0955. The number of carbonyl (C=O) groups excluding carboxylic acids is 1. The van der Waals surface area contributed by atoms with Gasteiger partial charge < -0.3 is 9.47 Å². The van der Waals surface area contributed by atoms with E-state index >= 15 is 0 Å². The minimum atomic E-state index is -0.221. The van der Waals surface area contributed by atoms with Crippen molar-refractivity contribution in [3.8, 4) is 0 Å². The van der Waals surface area contributed by atoms with Crippen molar-refractivity contribution in [1.29, 1.82) is 0 Å². The van der Waals surface area contributed by atoms with Crippen molar-refractivity contribution in [2.45, 2.75) is 6.92 Å². The number of hydrogen-bond acceptors (Lipinski definition) is 3. The predicted molar refractivity (Wildman–Crippen MR) is 86.0 cm³/mol. The minimum absolute atomic E-state index is 0.221. The summed E-state index contributed by atoms with van der Waals surface area (Å²) in [6, 6.07) is 11.4. The fourth-order valence-corrected chi connectivity index (χ4v) is 1.91. The first-order valence-electron chi connectivity index (χ1n) is 6.72. The molecule has 1 amide bonds. The number of anilines is 1. The van der Waals surface area contributed by atoms with Crippen LogP contribution in [0.4, 0.5) is 5.69 Å². The van der Waals surface area contributed by atoms with Crippen LogP contribution < -0.4 is 10.3 Å². The number of nitrogens with one attached hydrogen (secondary N) is 1. The quantitative estimate of drug-likeness (QED) is 0.691. The molecule has 0 spiro atoms. The molecule has 0 atom stereocenters. The van der Waals surface area contributed by atoms with Crippen molar-refractivity contribution in [2.24, 2.45) is 12.1 Å². The lowest BCUT2D eigenvalue weighted by atomic mass is 10.2. The first kappa shape index (κ1) is 14.8. The zero-order valence-electron chi connectivity index (χ0n) is 12.8. The van der Waals surface area contributed by atoms with E-state index in [9.17, 15) is 4.79 Å². The normalized spacial score (nSPS) is 10.9. The standard InChI is InChI=1S/C16H20N4O/c1-12-8-9-15(20(12)4)11-17-18-16(21)13-6-5-7-14(10-13)19(2)3/h5-11H,1-4H3,(H,18,21)/b17-11+.